The van der Waals surface area contributed by atoms with E-state index in [-0.39, 0.29) is 5.69 Å². The maximum Gasteiger partial charge on any atom is 0.321 e. The van der Waals surface area contributed by atoms with Crippen LogP contribution in [0.25, 0.3) is 0 Å². The van der Waals surface area contributed by atoms with E-state index in [4.69, 9.17) is 0 Å². The summed E-state index contributed by atoms with van der Waals surface area (Å²) in [5, 5.41) is 23.1. The van der Waals surface area contributed by atoms with Gasteiger partial charge in [-0.15, -0.1) is 0 Å². The van der Waals surface area contributed by atoms with Gasteiger partial charge in [0.25, 0.3) is 5.69 Å². The minimum atomic E-state index is -0.878. The van der Waals surface area contributed by atoms with Crippen LogP contribution in [0.3, 0.4) is 0 Å². The SMILES string of the molecule is Cc1cc(Cn2c(C)nc3c2CC(C(=O)O)NC3)ccc1[N+](=O)[O-]. The van der Waals surface area contributed by atoms with Gasteiger partial charge in [-0.2, -0.15) is 0 Å². The number of aliphatic carboxylic acids is 1. The van der Waals surface area contributed by atoms with Crippen LogP contribution in [-0.2, 0) is 24.3 Å². The van der Waals surface area contributed by atoms with Crippen LogP contribution in [0.2, 0.25) is 0 Å². The van der Waals surface area contributed by atoms with Crippen molar-refractivity contribution in [3.05, 3.63) is 56.7 Å². The third-order valence-electron chi connectivity index (χ3n) is 4.36. The van der Waals surface area contributed by atoms with Crippen molar-refractivity contribution >= 4 is 11.7 Å². The second-order valence-electron chi connectivity index (χ2n) is 5.99. The molecule has 0 bridgehead atoms. The number of hydrogen-bond donors (Lipinski definition) is 2. The number of nitro benzene ring substituents is 1. The lowest BCUT2D eigenvalue weighted by Crippen LogP contribution is -2.42. The van der Waals surface area contributed by atoms with Crippen LogP contribution in [0.15, 0.2) is 18.2 Å². The molecular formula is C16H18N4O4. The molecular weight excluding hydrogens is 312 g/mol. The Balaban J connectivity index is 1.91. The summed E-state index contributed by atoms with van der Waals surface area (Å²) in [4.78, 5) is 26.3. The number of imidazole rings is 1. The molecule has 3 rings (SSSR count). The summed E-state index contributed by atoms with van der Waals surface area (Å²) < 4.78 is 1.99. The fourth-order valence-corrected chi connectivity index (χ4v) is 3.11. The second-order valence-corrected chi connectivity index (χ2v) is 5.99. The molecule has 0 aliphatic carbocycles. The van der Waals surface area contributed by atoms with Crippen LogP contribution in [-0.4, -0.2) is 31.6 Å². The van der Waals surface area contributed by atoms with Gasteiger partial charge in [0.05, 0.1) is 10.6 Å². The van der Waals surface area contributed by atoms with Crippen molar-refractivity contribution in [2.24, 2.45) is 0 Å². The van der Waals surface area contributed by atoms with E-state index in [9.17, 15) is 20.0 Å². The van der Waals surface area contributed by atoms with Gasteiger partial charge in [-0.25, -0.2) is 4.98 Å². The van der Waals surface area contributed by atoms with E-state index >= 15 is 0 Å². The molecule has 0 radical (unpaired) electrons. The van der Waals surface area contributed by atoms with Gasteiger partial charge in [-0.1, -0.05) is 6.07 Å². The van der Waals surface area contributed by atoms with Crippen molar-refractivity contribution in [2.75, 3.05) is 0 Å². The van der Waals surface area contributed by atoms with Crippen LogP contribution in [0.1, 0.15) is 28.3 Å². The first-order valence-corrected chi connectivity index (χ1v) is 7.61. The Kier molecular flexibility index (Phi) is 4.06. The zero-order chi connectivity index (χ0) is 17.4. The summed E-state index contributed by atoms with van der Waals surface area (Å²) in [6, 6.07) is 4.41. The molecule has 2 heterocycles. The molecule has 1 atom stereocenters. The highest BCUT2D eigenvalue weighted by molar-refractivity contribution is 5.74. The molecule has 0 spiro atoms. The third-order valence-corrected chi connectivity index (χ3v) is 4.36. The lowest BCUT2D eigenvalue weighted by Gasteiger charge is -2.21. The molecule has 2 aromatic rings. The summed E-state index contributed by atoms with van der Waals surface area (Å²) in [7, 11) is 0. The Morgan fingerprint density at radius 3 is 2.88 bits per heavy atom. The lowest BCUT2D eigenvalue weighted by molar-refractivity contribution is -0.385. The number of carboxylic acids is 1. The predicted molar refractivity (Wildman–Crippen MR) is 85.9 cm³/mol. The van der Waals surface area contributed by atoms with Crippen molar-refractivity contribution in [1.82, 2.24) is 14.9 Å². The van der Waals surface area contributed by atoms with E-state index in [2.05, 4.69) is 10.3 Å². The van der Waals surface area contributed by atoms with Gasteiger partial charge in [-0.05, 0) is 25.5 Å². The second kappa shape index (κ2) is 6.04. The molecule has 8 nitrogen and oxygen atoms in total. The molecule has 1 aliphatic heterocycles. The number of fused-ring (bicyclic) bond motifs is 1. The monoisotopic (exact) mass is 330 g/mol. The molecule has 126 valence electrons. The average Bonchev–Trinajstić information content (AvgIpc) is 2.82. The number of benzene rings is 1. The molecule has 1 aromatic heterocycles. The molecule has 1 unspecified atom stereocenters. The Morgan fingerprint density at radius 2 is 2.25 bits per heavy atom. The molecule has 2 N–H and O–H groups in total. The molecule has 8 heteroatoms. The van der Waals surface area contributed by atoms with Crippen molar-refractivity contribution < 1.29 is 14.8 Å². The Labute approximate surface area is 138 Å². The average molecular weight is 330 g/mol. The fraction of sp³-hybridized carbons (Fsp3) is 0.375. The smallest absolute Gasteiger partial charge is 0.321 e. The number of hydrogen-bond acceptors (Lipinski definition) is 5. The predicted octanol–water partition coefficient (Wildman–Crippen LogP) is 1.56. The quantitative estimate of drug-likeness (QED) is 0.650. The van der Waals surface area contributed by atoms with Gasteiger partial charge >= 0.3 is 5.97 Å². The van der Waals surface area contributed by atoms with Gasteiger partial charge in [0.15, 0.2) is 0 Å². The van der Waals surface area contributed by atoms with Crippen LogP contribution in [0.4, 0.5) is 5.69 Å². The number of carboxylic acid groups (broad SMARTS) is 1. The number of carbonyl (C=O) groups is 1. The Bertz CT molecular complexity index is 828. The summed E-state index contributed by atoms with van der Waals surface area (Å²) in [6.45, 7) is 4.54. The largest absolute Gasteiger partial charge is 0.480 e. The van der Waals surface area contributed by atoms with Crippen LogP contribution in [0, 0.1) is 24.0 Å². The van der Waals surface area contributed by atoms with E-state index in [1.807, 2.05) is 11.5 Å². The van der Waals surface area contributed by atoms with Crippen molar-refractivity contribution in [1.29, 1.82) is 0 Å². The fourth-order valence-electron chi connectivity index (χ4n) is 3.11. The highest BCUT2D eigenvalue weighted by Crippen LogP contribution is 2.23. The molecule has 0 fully saturated rings. The Hall–Kier alpha value is -2.74. The zero-order valence-electron chi connectivity index (χ0n) is 13.4. The van der Waals surface area contributed by atoms with Crippen LogP contribution in [0.5, 0.6) is 0 Å². The topological polar surface area (TPSA) is 110 Å². The Morgan fingerprint density at radius 1 is 1.50 bits per heavy atom. The number of rotatable bonds is 4. The van der Waals surface area contributed by atoms with Crippen molar-refractivity contribution in [3.8, 4) is 0 Å². The number of nitrogens with one attached hydrogen (secondary N) is 1. The maximum absolute atomic E-state index is 11.2. The van der Waals surface area contributed by atoms with Gasteiger partial charge in [0, 0.05) is 36.8 Å². The van der Waals surface area contributed by atoms with Gasteiger partial charge < -0.3 is 9.67 Å². The lowest BCUT2D eigenvalue weighted by atomic mass is 10.0. The molecule has 1 aliphatic rings. The summed E-state index contributed by atoms with van der Waals surface area (Å²) >= 11 is 0. The number of aromatic nitrogens is 2. The number of aryl methyl sites for hydroxylation is 2. The van der Waals surface area contributed by atoms with Crippen molar-refractivity contribution in [2.45, 2.75) is 39.4 Å². The molecule has 1 aromatic carbocycles. The van der Waals surface area contributed by atoms with E-state index < -0.39 is 16.9 Å². The third kappa shape index (κ3) is 2.88. The zero-order valence-corrected chi connectivity index (χ0v) is 13.4. The number of nitrogens with zero attached hydrogens (tertiary/aromatic N) is 3. The van der Waals surface area contributed by atoms with Gasteiger partial charge in [0.1, 0.15) is 11.9 Å². The maximum atomic E-state index is 11.2. The first-order chi connectivity index (χ1) is 11.4. The normalized spacial score (nSPS) is 16.7. The highest BCUT2D eigenvalue weighted by atomic mass is 16.6. The van der Waals surface area contributed by atoms with E-state index in [1.54, 1.807) is 19.1 Å². The molecule has 0 saturated carbocycles. The van der Waals surface area contributed by atoms with E-state index in [0.29, 0.717) is 25.1 Å². The van der Waals surface area contributed by atoms with E-state index in [0.717, 1.165) is 22.8 Å². The van der Waals surface area contributed by atoms with Gasteiger partial charge in [-0.3, -0.25) is 20.2 Å². The van der Waals surface area contributed by atoms with Crippen LogP contribution >= 0.6 is 0 Å². The molecule has 0 amide bonds. The van der Waals surface area contributed by atoms with Gasteiger partial charge in [0.2, 0.25) is 0 Å². The summed E-state index contributed by atoms with van der Waals surface area (Å²) in [5.41, 5.74) is 3.40. The minimum absolute atomic E-state index is 0.0956. The molecule has 0 saturated heterocycles. The minimum Gasteiger partial charge on any atom is -0.480 e. The van der Waals surface area contributed by atoms with Crippen molar-refractivity contribution in [3.63, 3.8) is 0 Å². The highest BCUT2D eigenvalue weighted by Gasteiger charge is 2.28. The number of nitro groups is 1. The van der Waals surface area contributed by atoms with Crippen LogP contribution < -0.4 is 5.32 Å². The summed E-state index contributed by atoms with van der Waals surface area (Å²) in [6.07, 6.45) is 0.372. The summed E-state index contributed by atoms with van der Waals surface area (Å²) in [5.74, 6) is -0.0684. The van der Waals surface area contributed by atoms with E-state index in [1.165, 1.54) is 6.07 Å². The first kappa shape index (κ1) is 16.1. The first-order valence-electron chi connectivity index (χ1n) is 7.61. The standard InChI is InChI=1S/C16H18N4O4/c1-9-5-11(3-4-14(9)20(23)24)8-19-10(2)18-13-7-17-12(16(21)22)6-15(13)19/h3-5,12,17H,6-8H2,1-2H3,(H,21,22). The molecule has 24 heavy (non-hydrogen) atoms.